The highest BCUT2D eigenvalue weighted by Gasteiger charge is 2.23. The molecule has 0 radical (unpaired) electrons. The van der Waals surface area contributed by atoms with Crippen molar-refractivity contribution >= 4 is 6.03 Å². The molecule has 2 amide bonds. The number of aromatic nitrogens is 5. The van der Waals surface area contributed by atoms with Gasteiger partial charge in [0.05, 0.1) is 18.8 Å². The first kappa shape index (κ1) is 17.4. The molecule has 1 N–H and O–H groups in total. The molecule has 3 rings (SSSR count). The van der Waals surface area contributed by atoms with Crippen molar-refractivity contribution in [2.24, 2.45) is 7.05 Å². The fraction of sp³-hybridized carbons (Fsp3) is 0.625. The van der Waals surface area contributed by atoms with E-state index in [2.05, 4.69) is 32.3 Å². The highest BCUT2D eigenvalue weighted by Crippen LogP contribution is 2.16. The van der Waals surface area contributed by atoms with Crippen molar-refractivity contribution in [1.29, 1.82) is 0 Å². The summed E-state index contributed by atoms with van der Waals surface area (Å²) >= 11 is 0. The Morgan fingerprint density at radius 3 is 2.64 bits per heavy atom. The number of aryl methyl sites for hydroxylation is 1. The van der Waals surface area contributed by atoms with Gasteiger partial charge in [-0.3, -0.25) is 14.3 Å². The van der Waals surface area contributed by atoms with Crippen LogP contribution in [-0.2, 0) is 13.6 Å². The van der Waals surface area contributed by atoms with Crippen LogP contribution in [-0.4, -0.2) is 73.1 Å². The topological polar surface area (TPSA) is 84.1 Å². The van der Waals surface area contributed by atoms with Crippen molar-refractivity contribution in [3.05, 3.63) is 30.6 Å². The van der Waals surface area contributed by atoms with Gasteiger partial charge in [-0.05, 0) is 6.42 Å². The van der Waals surface area contributed by atoms with Crippen LogP contribution in [0, 0.1) is 0 Å². The molecule has 1 saturated heterocycles. The first-order chi connectivity index (χ1) is 12.2. The quantitative estimate of drug-likeness (QED) is 0.823. The molecule has 0 aromatic carbocycles. The lowest BCUT2D eigenvalue weighted by Crippen LogP contribution is -2.52. The van der Waals surface area contributed by atoms with Crippen LogP contribution in [0.3, 0.4) is 0 Å². The summed E-state index contributed by atoms with van der Waals surface area (Å²) in [5.41, 5.74) is 1.05. The summed E-state index contributed by atoms with van der Waals surface area (Å²) in [7, 11) is 1.89. The maximum absolute atomic E-state index is 12.5. The first-order valence-corrected chi connectivity index (χ1v) is 8.74. The number of piperazine rings is 1. The Morgan fingerprint density at radius 1 is 1.24 bits per heavy atom. The van der Waals surface area contributed by atoms with E-state index in [4.69, 9.17) is 0 Å². The third kappa shape index (κ3) is 4.56. The number of amides is 2. The van der Waals surface area contributed by atoms with Crippen molar-refractivity contribution in [1.82, 2.24) is 39.7 Å². The van der Waals surface area contributed by atoms with Crippen molar-refractivity contribution in [2.45, 2.75) is 25.9 Å². The maximum Gasteiger partial charge on any atom is 0.317 e. The van der Waals surface area contributed by atoms with Gasteiger partial charge >= 0.3 is 6.03 Å². The molecule has 1 fully saturated rings. The summed E-state index contributed by atoms with van der Waals surface area (Å²) < 4.78 is 3.59. The van der Waals surface area contributed by atoms with Crippen LogP contribution in [0.25, 0.3) is 0 Å². The molecule has 136 valence electrons. The summed E-state index contributed by atoms with van der Waals surface area (Å²) in [5.74, 6) is 0. The van der Waals surface area contributed by atoms with Crippen LogP contribution in [0.15, 0.2) is 25.0 Å². The van der Waals surface area contributed by atoms with Crippen LogP contribution < -0.4 is 5.32 Å². The largest absolute Gasteiger partial charge is 0.331 e. The van der Waals surface area contributed by atoms with E-state index in [-0.39, 0.29) is 12.1 Å². The fourth-order valence-electron chi connectivity index (χ4n) is 3.05. The molecule has 1 atom stereocenters. The smallest absolute Gasteiger partial charge is 0.317 e. The Kier molecular flexibility index (Phi) is 5.64. The van der Waals surface area contributed by atoms with Gasteiger partial charge in [0.15, 0.2) is 0 Å². The van der Waals surface area contributed by atoms with Crippen LogP contribution in [0.4, 0.5) is 4.79 Å². The molecule has 9 heteroatoms. The second-order valence-corrected chi connectivity index (χ2v) is 6.34. The minimum absolute atomic E-state index is 0.00606. The molecule has 0 saturated carbocycles. The second-order valence-electron chi connectivity index (χ2n) is 6.34. The van der Waals surface area contributed by atoms with Crippen LogP contribution in [0.1, 0.15) is 24.9 Å². The lowest BCUT2D eigenvalue weighted by molar-refractivity contribution is 0.133. The van der Waals surface area contributed by atoms with Crippen molar-refractivity contribution < 1.29 is 4.79 Å². The summed E-state index contributed by atoms with van der Waals surface area (Å²) in [6.45, 7) is 7.06. The van der Waals surface area contributed by atoms with E-state index >= 15 is 0 Å². The van der Waals surface area contributed by atoms with Crippen molar-refractivity contribution in [3.63, 3.8) is 0 Å². The SMILES string of the molecule is CC[C@@H](NC(=O)N1CCN(CCn2cncn2)CC1)c1cnn(C)c1. The fourth-order valence-corrected chi connectivity index (χ4v) is 3.05. The zero-order valence-corrected chi connectivity index (χ0v) is 14.9. The van der Waals surface area contributed by atoms with Gasteiger partial charge in [0.1, 0.15) is 12.7 Å². The molecule has 2 aromatic rings. The Labute approximate surface area is 147 Å². The van der Waals surface area contributed by atoms with Gasteiger partial charge in [-0.1, -0.05) is 6.92 Å². The van der Waals surface area contributed by atoms with E-state index in [0.29, 0.717) is 0 Å². The van der Waals surface area contributed by atoms with E-state index in [1.807, 2.05) is 29.0 Å². The van der Waals surface area contributed by atoms with Crippen LogP contribution in [0.5, 0.6) is 0 Å². The Morgan fingerprint density at radius 2 is 2.04 bits per heavy atom. The molecule has 9 nitrogen and oxygen atoms in total. The van der Waals surface area contributed by atoms with Gasteiger partial charge in [-0.2, -0.15) is 10.2 Å². The lowest BCUT2D eigenvalue weighted by Gasteiger charge is -2.35. The number of nitrogens with zero attached hydrogens (tertiary/aromatic N) is 7. The van der Waals surface area contributed by atoms with Crippen LogP contribution >= 0.6 is 0 Å². The molecule has 0 spiro atoms. The average Bonchev–Trinajstić information content (AvgIpc) is 3.30. The molecule has 1 aliphatic rings. The monoisotopic (exact) mass is 346 g/mol. The first-order valence-electron chi connectivity index (χ1n) is 8.74. The number of carbonyl (C=O) groups excluding carboxylic acids is 1. The van der Waals surface area contributed by atoms with E-state index < -0.39 is 0 Å². The number of urea groups is 1. The number of nitrogens with one attached hydrogen (secondary N) is 1. The summed E-state index contributed by atoms with van der Waals surface area (Å²) in [6, 6.07) is 0.0122. The minimum Gasteiger partial charge on any atom is -0.331 e. The predicted octanol–water partition coefficient (Wildman–Crippen LogP) is 0.490. The Balaban J connectivity index is 1.44. The summed E-state index contributed by atoms with van der Waals surface area (Å²) in [6.07, 6.45) is 7.89. The summed E-state index contributed by atoms with van der Waals surface area (Å²) in [5, 5.41) is 11.4. The van der Waals surface area contributed by atoms with Gasteiger partial charge in [0.2, 0.25) is 0 Å². The molecule has 3 heterocycles. The normalized spacial score (nSPS) is 16.8. The number of hydrogen-bond donors (Lipinski definition) is 1. The third-order valence-electron chi connectivity index (χ3n) is 4.60. The molecule has 0 unspecified atom stereocenters. The molecule has 2 aromatic heterocycles. The van der Waals surface area contributed by atoms with E-state index in [0.717, 1.165) is 51.3 Å². The van der Waals surface area contributed by atoms with Gasteiger partial charge in [0.25, 0.3) is 0 Å². The lowest BCUT2D eigenvalue weighted by atomic mass is 10.1. The molecule has 1 aliphatic heterocycles. The second kappa shape index (κ2) is 8.11. The molecule has 0 aliphatic carbocycles. The molecular weight excluding hydrogens is 320 g/mol. The molecule has 25 heavy (non-hydrogen) atoms. The molecular formula is C16H26N8O. The number of carbonyl (C=O) groups is 1. The Hall–Kier alpha value is -2.42. The van der Waals surface area contributed by atoms with Crippen molar-refractivity contribution in [3.8, 4) is 0 Å². The van der Waals surface area contributed by atoms with Gasteiger partial charge < -0.3 is 10.2 Å². The average molecular weight is 346 g/mol. The number of hydrogen-bond acceptors (Lipinski definition) is 5. The zero-order chi connectivity index (χ0) is 17.6. The third-order valence-corrected chi connectivity index (χ3v) is 4.60. The predicted molar refractivity (Wildman–Crippen MR) is 92.8 cm³/mol. The van der Waals surface area contributed by atoms with E-state index in [9.17, 15) is 4.79 Å². The Bertz CT molecular complexity index is 659. The van der Waals surface area contributed by atoms with Gasteiger partial charge in [-0.15, -0.1) is 0 Å². The zero-order valence-electron chi connectivity index (χ0n) is 14.9. The summed E-state index contributed by atoms with van der Waals surface area (Å²) in [4.78, 5) is 20.7. The van der Waals surface area contributed by atoms with Crippen LogP contribution in [0.2, 0.25) is 0 Å². The maximum atomic E-state index is 12.5. The van der Waals surface area contributed by atoms with Crippen molar-refractivity contribution in [2.75, 3.05) is 32.7 Å². The van der Waals surface area contributed by atoms with Gasteiger partial charge in [-0.25, -0.2) is 9.78 Å². The van der Waals surface area contributed by atoms with Gasteiger partial charge in [0, 0.05) is 51.5 Å². The standard InChI is InChI=1S/C16H26N8O/c1-3-15(14-10-18-21(2)11-14)20-16(25)23-7-4-22(5-8-23)6-9-24-13-17-12-19-24/h10-13,15H,3-9H2,1-2H3,(H,20,25)/t15-/m1/s1. The minimum atomic E-state index is 0.00606. The number of rotatable bonds is 6. The highest BCUT2D eigenvalue weighted by atomic mass is 16.2. The highest BCUT2D eigenvalue weighted by molar-refractivity contribution is 5.74. The van der Waals surface area contributed by atoms with E-state index in [1.54, 1.807) is 17.3 Å². The molecule has 0 bridgehead atoms. The van der Waals surface area contributed by atoms with E-state index in [1.165, 1.54) is 0 Å².